The molecule has 1 aliphatic carbocycles. The van der Waals surface area contributed by atoms with Crippen molar-refractivity contribution >= 4 is 21.8 Å². The highest BCUT2D eigenvalue weighted by atomic mass is 32.2. The number of sulfone groups is 1. The third-order valence-corrected chi connectivity index (χ3v) is 6.21. The molecule has 0 unspecified atom stereocenters. The van der Waals surface area contributed by atoms with Crippen LogP contribution in [0.1, 0.15) is 38.5 Å². The molecule has 0 atom stereocenters. The Kier molecular flexibility index (Phi) is 4.75. The number of rotatable bonds is 4. The third-order valence-electron chi connectivity index (χ3n) is 4.49. The van der Waals surface area contributed by atoms with Gasteiger partial charge in [-0.25, -0.2) is 13.2 Å². The summed E-state index contributed by atoms with van der Waals surface area (Å²) >= 11 is 0. The Hall–Kier alpha value is -1.31. The molecule has 1 aliphatic heterocycles. The van der Waals surface area contributed by atoms with Crippen LogP contribution >= 0.6 is 0 Å². The highest BCUT2D eigenvalue weighted by molar-refractivity contribution is 7.91. The monoisotopic (exact) mass is 318 g/mol. The number of carbonyl (C=O) groups is 2. The summed E-state index contributed by atoms with van der Waals surface area (Å²) in [4.78, 5) is 23.2. The molecular formula is C13H22N2O5S. The molecule has 2 rings (SSSR count). The Morgan fingerprint density at radius 1 is 1.14 bits per heavy atom. The molecule has 0 spiro atoms. The average Bonchev–Trinajstić information content (AvgIpc) is 2.89. The van der Waals surface area contributed by atoms with E-state index in [9.17, 15) is 23.1 Å². The zero-order valence-electron chi connectivity index (χ0n) is 11.9. The number of carboxylic acid groups (broad SMARTS) is 1. The van der Waals surface area contributed by atoms with Crippen molar-refractivity contribution in [2.75, 3.05) is 18.1 Å². The molecule has 2 aliphatic rings. The van der Waals surface area contributed by atoms with E-state index in [-0.39, 0.29) is 24.1 Å². The van der Waals surface area contributed by atoms with Gasteiger partial charge in [0.15, 0.2) is 0 Å². The van der Waals surface area contributed by atoms with Gasteiger partial charge in [0.05, 0.1) is 16.9 Å². The van der Waals surface area contributed by atoms with Gasteiger partial charge in [-0.15, -0.1) is 0 Å². The van der Waals surface area contributed by atoms with Crippen LogP contribution < -0.4 is 10.6 Å². The Labute approximate surface area is 124 Å². The number of carboxylic acids is 1. The van der Waals surface area contributed by atoms with Crippen molar-refractivity contribution in [2.45, 2.75) is 44.6 Å². The molecule has 0 aromatic rings. The fraction of sp³-hybridized carbons (Fsp3) is 0.846. The van der Waals surface area contributed by atoms with E-state index < -0.39 is 27.3 Å². The van der Waals surface area contributed by atoms with Gasteiger partial charge in [0.1, 0.15) is 9.84 Å². The first kappa shape index (κ1) is 16.1. The Balaban J connectivity index is 1.78. The van der Waals surface area contributed by atoms with Crippen LogP contribution in [-0.2, 0) is 14.6 Å². The minimum absolute atomic E-state index is 0.0943. The van der Waals surface area contributed by atoms with E-state index in [1.54, 1.807) is 0 Å². The van der Waals surface area contributed by atoms with Crippen molar-refractivity contribution in [3.63, 3.8) is 0 Å². The number of hydrogen-bond donors (Lipinski definition) is 3. The molecule has 8 heteroatoms. The minimum Gasteiger partial charge on any atom is -0.481 e. The summed E-state index contributed by atoms with van der Waals surface area (Å²) in [5, 5.41) is 14.7. The maximum Gasteiger partial charge on any atom is 0.315 e. The lowest BCUT2D eigenvalue weighted by molar-refractivity contribution is -0.148. The van der Waals surface area contributed by atoms with Crippen molar-refractivity contribution in [3.05, 3.63) is 0 Å². The fourth-order valence-corrected chi connectivity index (χ4v) is 4.53. The van der Waals surface area contributed by atoms with Gasteiger partial charge in [0.2, 0.25) is 0 Å². The van der Waals surface area contributed by atoms with Gasteiger partial charge in [-0.2, -0.15) is 0 Å². The number of hydrogen-bond acceptors (Lipinski definition) is 4. The summed E-state index contributed by atoms with van der Waals surface area (Å²) in [6.07, 6.45) is 3.75. The van der Waals surface area contributed by atoms with Crippen molar-refractivity contribution in [3.8, 4) is 0 Å². The van der Waals surface area contributed by atoms with Gasteiger partial charge in [-0.1, -0.05) is 12.8 Å². The van der Waals surface area contributed by atoms with E-state index in [1.165, 1.54) is 0 Å². The molecule has 0 radical (unpaired) electrons. The van der Waals surface area contributed by atoms with Gasteiger partial charge in [-0.3, -0.25) is 4.79 Å². The van der Waals surface area contributed by atoms with E-state index in [0.717, 1.165) is 12.8 Å². The Morgan fingerprint density at radius 2 is 1.71 bits per heavy atom. The number of urea groups is 1. The second-order valence-electron chi connectivity index (χ2n) is 6.05. The maximum atomic E-state index is 11.8. The van der Waals surface area contributed by atoms with Crippen LogP contribution in [0.25, 0.3) is 0 Å². The van der Waals surface area contributed by atoms with Crippen molar-refractivity contribution in [1.82, 2.24) is 10.6 Å². The first-order chi connectivity index (χ1) is 9.83. The van der Waals surface area contributed by atoms with Crippen LogP contribution in [0.3, 0.4) is 0 Å². The minimum atomic E-state index is -2.95. The second kappa shape index (κ2) is 6.21. The summed E-state index contributed by atoms with van der Waals surface area (Å²) < 4.78 is 22.6. The average molecular weight is 318 g/mol. The van der Waals surface area contributed by atoms with Crippen molar-refractivity contribution < 1.29 is 23.1 Å². The first-order valence-electron chi connectivity index (χ1n) is 7.31. The molecule has 0 aromatic carbocycles. The maximum absolute atomic E-state index is 11.8. The van der Waals surface area contributed by atoms with Gasteiger partial charge in [-0.05, 0) is 25.7 Å². The zero-order chi connectivity index (χ0) is 15.5. The molecule has 120 valence electrons. The standard InChI is InChI=1S/C13H22N2O5S/c16-11(17)13(5-1-2-6-13)9-14-12(18)15-10-3-7-21(19,20)8-4-10/h10H,1-9H2,(H,16,17)(H2,14,15,18). The molecule has 3 N–H and O–H groups in total. The van der Waals surface area contributed by atoms with Crippen LogP contribution in [0.4, 0.5) is 4.79 Å². The predicted molar refractivity (Wildman–Crippen MR) is 76.7 cm³/mol. The molecule has 21 heavy (non-hydrogen) atoms. The van der Waals surface area contributed by atoms with E-state index in [1.807, 2.05) is 0 Å². The van der Waals surface area contributed by atoms with E-state index in [2.05, 4.69) is 10.6 Å². The van der Waals surface area contributed by atoms with Crippen LogP contribution in [0, 0.1) is 5.41 Å². The van der Waals surface area contributed by atoms with E-state index in [4.69, 9.17) is 0 Å². The van der Waals surface area contributed by atoms with Gasteiger partial charge >= 0.3 is 12.0 Å². The lowest BCUT2D eigenvalue weighted by Gasteiger charge is -2.26. The first-order valence-corrected chi connectivity index (χ1v) is 9.13. The Bertz CT molecular complexity index is 497. The number of amides is 2. The molecule has 7 nitrogen and oxygen atoms in total. The SMILES string of the molecule is O=C(NCC1(C(=O)O)CCCC1)NC1CCS(=O)(=O)CC1. The smallest absolute Gasteiger partial charge is 0.315 e. The van der Waals surface area contributed by atoms with Crippen molar-refractivity contribution in [1.29, 1.82) is 0 Å². The molecule has 2 amide bonds. The topological polar surface area (TPSA) is 113 Å². The molecule has 1 saturated heterocycles. The fourth-order valence-electron chi connectivity index (χ4n) is 3.04. The highest BCUT2D eigenvalue weighted by Gasteiger charge is 2.41. The van der Waals surface area contributed by atoms with Crippen LogP contribution in [0.2, 0.25) is 0 Å². The Morgan fingerprint density at radius 3 is 2.24 bits per heavy atom. The number of carbonyl (C=O) groups excluding carboxylic acids is 1. The quantitative estimate of drug-likeness (QED) is 0.699. The van der Waals surface area contributed by atoms with Crippen LogP contribution in [-0.4, -0.2) is 49.6 Å². The predicted octanol–water partition coefficient (Wildman–Crippen LogP) is 0.508. The molecule has 0 aromatic heterocycles. The van der Waals surface area contributed by atoms with Crippen LogP contribution in [0.5, 0.6) is 0 Å². The number of nitrogens with one attached hydrogen (secondary N) is 2. The molecule has 1 saturated carbocycles. The lowest BCUT2D eigenvalue weighted by atomic mass is 9.86. The van der Waals surface area contributed by atoms with Crippen molar-refractivity contribution in [2.24, 2.45) is 5.41 Å². The van der Waals surface area contributed by atoms with Gasteiger partial charge in [0, 0.05) is 12.6 Å². The van der Waals surface area contributed by atoms with Gasteiger partial charge in [0.25, 0.3) is 0 Å². The summed E-state index contributed by atoms with van der Waals surface area (Å²) in [6, 6.07) is -0.565. The summed E-state index contributed by atoms with van der Waals surface area (Å²) in [6.45, 7) is 0.124. The normalized spacial score (nSPS) is 24.4. The summed E-state index contributed by atoms with van der Waals surface area (Å²) in [5.74, 6) is -0.669. The van der Waals surface area contributed by atoms with Gasteiger partial charge < -0.3 is 15.7 Å². The largest absolute Gasteiger partial charge is 0.481 e. The molecule has 2 fully saturated rings. The zero-order valence-corrected chi connectivity index (χ0v) is 12.7. The summed E-state index contributed by atoms with van der Waals surface area (Å²) in [7, 11) is -2.95. The third kappa shape index (κ3) is 4.09. The van der Waals surface area contributed by atoms with Crippen LogP contribution in [0.15, 0.2) is 0 Å². The molecular weight excluding hydrogens is 296 g/mol. The molecule has 0 bridgehead atoms. The second-order valence-corrected chi connectivity index (χ2v) is 8.35. The molecule has 1 heterocycles. The van der Waals surface area contributed by atoms with E-state index >= 15 is 0 Å². The van der Waals surface area contributed by atoms with E-state index in [0.29, 0.717) is 25.7 Å². The number of aliphatic carboxylic acids is 1. The summed E-state index contributed by atoms with van der Waals surface area (Å²) in [5.41, 5.74) is -0.840. The lowest BCUT2D eigenvalue weighted by Crippen LogP contribution is -2.49. The highest BCUT2D eigenvalue weighted by Crippen LogP contribution is 2.37.